The van der Waals surface area contributed by atoms with Crippen LogP contribution in [0.2, 0.25) is 0 Å². The van der Waals surface area contributed by atoms with Crippen LogP contribution in [-0.4, -0.2) is 0 Å². The summed E-state index contributed by atoms with van der Waals surface area (Å²) in [6.07, 6.45) is 3.10. The van der Waals surface area contributed by atoms with Crippen LogP contribution in [0.4, 0.5) is 0 Å². The molecule has 1 rings (SSSR count). The number of benzene rings is 1. The minimum atomic E-state index is 0.254. The predicted octanol–water partition coefficient (Wildman–Crippen LogP) is 4.44. The smallest absolute Gasteiger partial charge is 0.00892 e. The first kappa shape index (κ1) is 11.5. The van der Waals surface area contributed by atoms with Crippen molar-refractivity contribution in [3.05, 3.63) is 46.5 Å². The fourth-order valence-electron chi connectivity index (χ4n) is 1.32. The van der Waals surface area contributed by atoms with Crippen LogP contribution in [0, 0.1) is 0 Å². The van der Waals surface area contributed by atoms with Gasteiger partial charge in [-0.2, -0.15) is 0 Å². The number of hydrogen-bond donors (Lipinski definition) is 0. The lowest BCUT2D eigenvalue weighted by Crippen LogP contribution is -2.10. The summed E-state index contributed by atoms with van der Waals surface area (Å²) in [4.78, 5) is 1.91. The van der Waals surface area contributed by atoms with Gasteiger partial charge in [-0.25, -0.2) is 0 Å². The summed E-state index contributed by atoms with van der Waals surface area (Å²) in [5.41, 5.74) is 3.00. The Morgan fingerprint density at radius 1 is 1.14 bits per heavy atom. The van der Waals surface area contributed by atoms with Crippen molar-refractivity contribution in [2.45, 2.75) is 32.6 Å². The predicted molar refractivity (Wildman–Crippen MR) is 66.9 cm³/mol. The molecule has 0 heterocycles. The van der Waals surface area contributed by atoms with E-state index in [-0.39, 0.29) is 5.41 Å². The van der Waals surface area contributed by atoms with E-state index in [2.05, 4.69) is 67.0 Å². The third-order valence-corrected chi connectivity index (χ3v) is 2.64. The molecule has 0 aliphatic heterocycles. The lowest BCUT2D eigenvalue weighted by Gasteiger charge is -2.18. The van der Waals surface area contributed by atoms with Crippen LogP contribution in [0.5, 0.6) is 0 Å². The molecule has 0 radical (unpaired) electrons. The number of allylic oxidation sites excluding steroid dienone is 1. The number of hydrogen-bond acceptors (Lipinski definition) is 0. The van der Waals surface area contributed by atoms with Gasteiger partial charge in [0.05, 0.1) is 0 Å². The van der Waals surface area contributed by atoms with Crippen molar-refractivity contribution in [1.82, 2.24) is 0 Å². The molecule has 0 unspecified atom stereocenters. The first-order valence-corrected chi connectivity index (χ1v) is 5.80. The molecule has 0 nitrogen and oxygen atoms in total. The molecule has 1 heteroatoms. The molecule has 1 aromatic rings. The minimum Gasteiger partial charge on any atom is -0.0732 e. The second-order valence-electron chi connectivity index (χ2n) is 4.51. The first-order chi connectivity index (χ1) is 6.54. The van der Waals surface area contributed by atoms with Crippen molar-refractivity contribution in [3.8, 4) is 0 Å². The summed E-state index contributed by atoms with van der Waals surface area (Å²) in [7, 11) is 0. The van der Waals surface area contributed by atoms with E-state index in [4.69, 9.17) is 0 Å². The lowest BCUT2D eigenvalue weighted by atomic mass is 9.86. The van der Waals surface area contributed by atoms with Crippen molar-refractivity contribution < 1.29 is 0 Å². The van der Waals surface area contributed by atoms with E-state index in [1.165, 1.54) is 11.1 Å². The van der Waals surface area contributed by atoms with Crippen molar-refractivity contribution in [3.63, 3.8) is 0 Å². The molecule has 0 atom stereocenters. The maximum absolute atomic E-state index is 3.27. The van der Waals surface area contributed by atoms with Gasteiger partial charge in [-0.15, -0.1) is 0 Å². The van der Waals surface area contributed by atoms with E-state index in [0.717, 1.165) is 6.42 Å². The van der Waals surface area contributed by atoms with E-state index in [9.17, 15) is 0 Å². The molecule has 14 heavy (non-hydrogen) atoms. The van der Waals surface area contributed by atoms with Gasteiger partial charge < -0.3 is 0 Å². The van der Waals surface area contributed by atoms with Gasteiger partial charge in [0, 0.05) is 0 Å². The highest BCUT2D eigenvalue weighted by Gasteiger charge is 2.12. The second kappa shape index (κ2) is 4.79. The third kappa shape index (κ3) is 3.30. The monoisotopic (exact) mass is 252 g/mol. The average molecular weight is 253 g/mol. The highest BCUT2D eigenvalue weighted by Crippen LogP contribution is 2.22. The average Bonchev–Trinajstić information content (AvgIpc) is 2.14. The SMILES string of the molecule is CC(C)(C)c1ccc(C/C=C/Br)cc1. The minimum absolute atomic E-state index is 0.254. The van der Waals surface area contributed by atoms with Gasteiger partial charge in [0.15, 0.2) is 0 Å². The van der Waals surface area contributed by atoms with Gasteiger partial charge in [0.25, 0.3) is 0 Å². The van der Waals surface area contributed by atoms with E-state index < -0.39 is 0 Å². The van der Waals surface area contributed by atoms with E-state index in [1.54, 1.807) is 0 Å². The Morgan fingerprint density at radius 2 is 1.71 bits per heavy atom. The molecule has 0 aliphatic rings. The van der Waals surface area contributed by atoms with Crippen LogP contribution < -0.4 is 0 Å². The van der Waals surface area contributed by atoms with Gasteiger partial charge in [0.1, 0.15) is 0 Å². The highest BCUT2D eigenvalue weighted by atomic mass is 79.9. The molecule has 0 amide bonds. The van der Waals surface area contributed by atoms with Gasteiger partial charge >= 0.3 is 0 Å². The Morgan fingerprint density at radius 3 is 2.14 bits per heavy atom. The molecule has 0 saturated heterocycles. The molecule has 76 valence electrons. The fraction of sp³-hybridized carbons (Fsp3) is 0.385. The maximum atomic E-state index is 3.27. The Labute approximate surface area is 95.2 Å². The van der Waals surface area contributed by atoms with Crippen LogP contribution in [0.25, 0.3) is 0 Å². The van der Waals surface area contributed by atoms with Crippen LogP contribution in [0.3, 0.4) is 0 Å². The van der Waals surface area contributed by atoms with Crippen molar-refractivity contribution >= 4 is 15.9 Å². The van der Waals surface area contributed by atoms with Gasteiger partial charge in [-0.05, 0) is 27.9 Å². The summed E-state index contributed by atoms with van der Waals surface area (Å²) in [5.74, 6) is 0. The zero-order valence-corrected chi connectivity index (χ0v) is 10.6. The molecule has 1 aromatic carbocycles. The molecule has 0 aliphatic carbocycles. The third-order valence-electron chi connectivity index (χ3n) is 2.26. The van der Waals surface area contributed by atoms with Gasteiger partial charge in [0.2, 0.25) is 0 Å². The summed E-state index contributed by atoms with van der Waals surface area (Å²) in [5, 5.41) is 0. The van der Waals surface area contributed by atoms with Gasteiger partial charge in [-0.1, -0.05) is 67.0 Å². The normalized spacial score (nSPS) is 12.3. The molecule has 0 aromatic heterocycles. The lowest BCUT2D eigenvalue weighted by molar-refractivity contribution is 0.590. The zero-order valence-electron chi connectivity index (χ0n) is 9.05. The van der Waals surface area contributed by atoms with E-state index >= 15 is 0 Å². The Bertz CT molecular complexity index is 301. The quantitative estimate of drug-likeness (QED) is 0.731. The molecule has 0 fully saturated rings. The zero-order chi connectivity index (χ0) is 10.6. The number of rotatable bonds is 2. The summed E-state index contributed by atoms with van der Waals surface area (Å²) < 4.78 is 0. The second-order valence-corrected chi connectivity index (χ2v) is 5.04. The standard InChI is InChI=1S/C13H17Br/c1-13(2,3)12-8-6-11(7-9-12)5-4-10-14/h4,6-10H,5H2,1-3H3/b10-4+. The molecule has 0 bridgehead atoms. The first-order valence-electron chi connectivity index (χ1n) is 4.88. The molecular formula is C13H17Br. The Balaban J connectivity index is 2.79. The van der Waals surface area contributed by atoms with Crippen LogP contribution in [-0.2, 0) is 11.8 Å². The van der Waals surface area contributed by atoms with Crippen LogP contribution in [0.15, 0.2) is 35.3 Å². The number of halogens is 1. The molecule has 0 saturated carbocycles. The molecular weight excluding hydrogens is 236 g/mol. The summed E-state index contributed by atoms with van der Waals surface area (Å²) in [6, 6.07) is 8.84. The van der Waals surface area contributed by atoms with E-state index in [1.807, 2.05) is 4.99 Å². The summed E-state index contributed by atoms with van der Waals surface area (Å²) in [6.45, 7) is 6.71. The topological polar surface area (TPSA) is 0 Å². The van der Waals surface area contributed by atoms with Crippen molar-refractivity contribution in [2.24, 2.45) is 0 Å². The van der Waals surface area contributed by atoms with Crippen molar-refractivity contribution in [2.75, 3.05) is 0 Å². The molecule has 0 N–H and O–H groups in total. The molecule has 0 spiro atoms. The Kier molecular flexibility index (Phi) is 3.94. The van der Waals surface area contributed by atoms with Crippen LogP contribution in [0.1, 0.15) is 31.9 Å². The highest BCUT2D eigenvalue weighted by molar-refractivity contribution is 9.11. The maximum Gasteiger partial charge on any atom is -0.00892 e. The summed E-state index contributed by atoms with van der Waals surface area (Å²) >= 11 is 3.27. The largest absolute Gasteiger partial charge is 0.0732 e. The fourth-order valence-corrected chi connectivity index (χ4v) is 1.51. The van der Waals surface area contributed by atoms with Crippen molar-refractivity contribution in [1.29, 1.82) is 0 Å². The Hall–Kier alpha value is -0.560. The van der Waals surface area contributed by atoms with Crippen LogP contribution >= 0.6 is 15.9 Å². The van der Waals surface area contributed by atoms with Gasteiger partial charge in [-0.3, -0.25) is 0 Å². The van der Waals surface area contributed by atoms with E-state index in [0.29, 0.717) is 0 Å².